The van der Waals surface area contributed by atoms with E-state index in [0.717, 1.165) is 10.2 Å². The largest absolute Gasteiger partial charge is 0.385 e. The molecule has 1 aliphatic heterocycles. The number of aromatic nitrogens is 1. The van der Waals surface area contributed by atoms with Crippen LogP contribution in [0.1, 0.15) is 37.5 Å². The van der Waals surface area contributed by atoms with Crippen molar-refractivity contribution in [3.63, 3.8) is 0 Å². The highest BCUT2D eigenvalue weighted by Gasteiger charge is 2.35. The minimum atomic E-state index is -0.376. The number of imide groups is 1. The van der Waals surface area contributed by atoms with Crippen LogP contribution in [0.5, 0.6) is 0 Å². The molecule has 0 saturated heterocycles. The van der Waals surface area contributed by atoms with Gasteiger partial charge in [-0.15, -0.1) is 0 Å². The second kappa shape index (κ2) is 7.73. The van der Waals surface area contributed by atoms with Gasteiger partial charge in [-0.2, -0.15) is 0 Å². The maximum Gasteiger partial charge on any atom is 0.261 e. The Balaban J connectivity index is 1.58. The van der Waals surface area contributed by atoms with Crippen LogP contribution < -0.4 is 4.90 Å². The molecule has 1 aliphatic rings. The van der Waals surface area contributed by atoms with E-state index in [2.05, 4.69) is 4.98 Å². The van der Waals surface area contributed by atoms with Gasteiger partial charge in [0.25, 0.3) is 17.7 Å². The molecule has 148 valence electrons. The quantitative estimate of drug-likeness (QED) is 0.461. The summed E-state index contributed by atoms with van der Waals surface area (Å²) in [5, 5.41) is 0.570. The number of benzene rings is 2. The average Bonchev–Trinajstić information content (AvgIpc) is 3.27. The monoisotopic (exact) mass is 409 g/mol. The van der Waals surface area contributed by atoms with E-state index in [1.54, 1.807) is 26.3 Å². The fourth-order valence-corrected chi connectivity index (χ4v) is 4.20. The Hall–Kier alpha value is -3.10. The number of nitrogens with zero attached hydrogens (tertiary/aromatic N) is 3. The lowest BCUT2D eigenvalue weighted by atomic mass is 10.1. The molecule has 4 rings (SSSR count). The molecule has 3 aromatic rings. The number of thiazole rings is 1. The van der Waals surface area contributed by atoms with E-state index < -0.39 is 0 Å². The molecule has 2 heterocycles. The lowest BCUT2D eigenvalue weighted by Crippen LogP contribution is -2.31. The van der Waals surface area contributed by atoms with Gasteiger partial charge < -0.3 is 4.74 Å². The number of hydrogen-bond donors (Lipinski definition) is 0. The molecule has 2 aromatic carbocycles. The third-order valence-electron chi connectivity index (χ3n) is 4.82. The summed E-state index contributed by atoms with van der Waals surface area (Å²) in [4.78, 5) is 45.3. The highest BCUT2D eigenvalue weighted by Crippen LogP contribution is 2.30. The molecule has 0 bridgehead atoms. The molecule has 0 aliphatic carbocycles. The minimum Gasteiger partial charge on any atom is -0.385 e. The molecule has 3 amide bonds. The fraction of sp³-hybridized carbons (Fsp3) is 0.238. The number of rotatable bonds is 6. The fourth-order valence-electron chi connectivity index (χ4n) is 3.28. The Morgan fingerprint density at radius 2 is 1.90 bits per heavy atom. The standard InChI is InChI=1S/C21H19N3O4S/c1-23(21-22-16-6-3-4-7-17(16)29-21)18(25)13-8-9-14-15(12-13)20(27)24(19(14)26)10-5-11-28-2/h3-4,6-9,12H,5,10-11H2,1-2H3. The van der Waals surface area contributed by atoms with Crippen LogP contribution in [0.2, 0.25) is 0 Å². The Kier molecular flexibility index (Phi) is 5.12. The van der Waals surface area contributed by atoms with E-state index in [4.69, 9.17) is 4.74 Å². The van der Waals surface area contributed by atoms with Crippen molar-refractivity contribution in [3.05, 3.63) is 59.2 Å². The molecular formula is C21H19N3O4S. The number of carbonyl (C=O) groups excluding carboxylic acids is 3. The number of para-hydroxylation sites is 1. The number of anilines is 1. The molecule has 0 fully saturated rings. The van der Waals surface area contributed by atoms with Crippen molar-refractivity contribution >= 4 is 44.4 Å². The lowest BCUT2D eigenvalue weighted by molar-refractivity contribution is 0.0638. The second-order valence-corrected chi connectivity index (χ2v) is 7.71. The molecule has 0 radical (unpaired) electrons. The van der Waals surface area contributed by atoms with Crippen LogP contribution in [0.15, 0.2) is 42.5 Å². The number of fused-ring (bicyclic) bond motifs is 2. The van der Waals surface area contributed by atoms with Crippen molar-refractivity contribution in [2.24, 2.45) is 0 Å². The zero-order chi connectivity index (χ0) is 20.5. The van der Waals surface area contributed by atoms with Crippen LogP contribution in [-0.4, -0.2) is 54.9 Å². The second-order valence-electron chi connectivity index (χ2n) is 6.70. The van der Waals surface area contributed by atoms with Crippen LogP contribution >= 0.6 is 11.3 Å². The van der Waals surface area contributed by atoms with E-state index in [-0.39, 0.29) is 29.8 Å². The summed E-state index contributed by atoms with van der Waals surface area (Å²) in [5.41, 5.74) is 1.75. The molecule has 1 aromatic heterocycles. The van der Waals surface area contributed by atoms with Gasteiger partial charge >= 0.3 is 0 Å². The topological polar surface area (TPSA) is 79.8 Å². The summed E-state index contributed by atoms with van der Waals surface area (Å²) < 4.78 is 5.98. The van der Waals surface area contributed by atoms with Crippen molar-refractivity contribution in [3.8, 4) is 0 Å². The Bertz CT molecular complexity index is 1090. The van der Waals surface area contributed by atoms with E-state index >= 15 is 0 Å². The predicted octanol–water partition coefficient (Wildman–Crippen LogP) is 3.21. The SMILES string of the molecule is COCCCN1C(=O)c2ccc(C(=O)N(C)c3nc4ccccc4s3)cc2C1=O. The van der Waals surface area contributed by atoms with Crippen molar-refractivity contribution in [1.82, 2.24) is 9.88 Å². The molecule has 0 spiro atoms. The van der Waals surface area contributed by atoms with Crippen molar-refractivity contribution in [2.45, 2.75) is 6.42 Å². The first-order valence-corrected chi connectivity index (χ1v) is 9.95. The first-order valence-electron chi connectivity index (χ1n) is 9.14. The number of amides is 3. The van der Waals surface area contributed by atoms with E-state index in [1.807, 2.05) is 24.3 Å². The third kappa shape index (κ3) is 3.41. The molecule has 0 saturated carbocycles. The van der Waals surface area contributed by atoms with Gasteiger partial charge in [0.15, 0.2) is 5.13 Å². The third-order valence-corrected chi connectivity index (χ3v) is 5.93. The minimum absolute atomic E-state index is 0.260. The van der Waals surface area contributed by atoms with Crippen molar-refractivity contribution < 1.29 is 19.1 Å². The number of carbonyl (C=O) groups is 3. The number of ether oxygens (including phenoxy) is 1. The molecule has 7 nitrogen and oxygen atoms in total. The molecule has 0 N–H and O–H groups in total. The summed E-state index contributed by atoms with van der Waals surface area (Å²) in [5.74, 6) is -0.997. The normalized spacial score (nSPS) is 13.2. The van der Waals surface area contributed by atoms with Crippen LogP contribution in [0.4, 0.5) is 5.13 Å². The van der Waals surface area contributed by atoms with Crippen molar-refractivity contribution in [1.29, 1.82) is 0 Å². The van der Waals surface area contributed by atoms with E-state index in [9.17, 15) is 14.4 Å². The zero-order valence-corrected chi connectivity index (χ0v) is 16.9. The summed E-state index contributed by atoms with van der Waals surface area (Å²) >= 11 is 1.42. The maximum absolute atomic E-state index is 13.0. The number of methoxy groups -OCH3 is 1. The van der Waals surface area contributed by atoms with E-state index in [1.165, 1.54) is 27.2 Å². The molecule has 0 atom stereocenters. The van der Waals surface area contributed by atoms with Crippen LogP contribution in [0.25, 0.3) is 10.2 Å². The van der Waals surface area contributed by atoms with Gasteiger partial charge in [-0.05, 0) is 36.8 Å². The van der Waals surface area contributed by atoms with Gasteiger partial charge in [0, 0.05) is 32.9 Å². The van der Waals surface area contributed by atoms with Gasteiger partial charge in [-0.3, -0.25) is 24.2 Å². The highest BCUT2D eigenvalue weighted by molar-refractivity contribution is 7.22. The van der Waals surface area contributed by atoms with Gasteiger partial charge in [-0.1, -0.05) is 23.5 Å². The van der Waals surface area contributed by atoms with E-state index in [0.29, 0.717) is 29.3 Å². The lowest BCUT2D eigenvalue weighted by Gasteiger charge is -2.14. The molecular weight excluding hydrogens is 390 g/mol. The maximum atomic E-state index is 13.0. The Morgan fingerprint density at radius 1 is 1.14 bits per heavy atom. The number of hydrogen-bond acceptors (Lipinski definition) is 6. The van der Waals surface area contributed by atoms with Crippen LogP contribution in [0, 0.1) is 0 Å². The smallest absolute Gasteiger partial charge is 0.261 e. The Labute approximate surface area is 171 Å². The first kappa shape index (κ1) is 19.2. The molecule has 0 unspecified atom stereocenters. The van der Waals surface area contributed by atoms with Gasteiger partial charge in [0.05, 0.1) is 21.3 Å². The predicted molar refractivity (Wildman–Crippen MR) is 111 cm³/mol. The van der Waals surface area contributed by atoms with Gasteiger partial charge in [0.2, 0.25) is 0 Å². The van der Waals surface area contributed by atoms with Gasteiger partial charge in [0.1, 0.15) is 0 Å². The van der Waals surface area contributed by atoms with Crippen LogP contribution in [0.3, 0.4) is 0 Å². The summed E-state index contributed by atoms with van der Waals surface area (Å²) in [6.07, 6.45) is 0.564. The molecule has 8 heteroatoms. The van der Waals surface area contributed by atoms with Crippen molar-refractivity contribution in [2.75, 3.05) is 32.2 Å². The molecule has 29 heavy (non-hydrogen) atoms. The average molecular weight is 409 g/mol. The summed E-state index contributed by atoms with van der Waals surface area (Å²) in [6, 6.07) is 12.3. The Morgan fingerprint density at radius 3 is 2.66 bits per heavy atom. The highest BCUT2D eigenvalue weighted by atomic mass is 32.1. The van der Waals surface area contributed by atoms with Crippen LogP contribution in [-0.2, 0) is 4.74 Å². The summed E-state index contributed by atoms with van der Waals surface area (Å²) in [6.45, 7) is 0.749. The van der Waals surface area contributed by atoms with Gasteiger partial charge in [-0.25, -0.2) is 4.98 Å². The zero-order valence-electron chi connectivity index (χ0n) is 16.0. The first-order chi connectivity index (χ1) is 14.0. The summed E-state index contributed by atoms with van der Waals surface area (Å²) in [7, 11) is 3.22.